The van der Waals surface area contributed by atoms with Gasteiger partial charge in [-0.1, -0.05) is 21.0 Å². The number of hydrogen-bond acceptors (Lipinski definition) is 5. The van der Waals surface area contributed by atoms with Crippen molar-refractivity contribution < 1.29 is 0 Å². The van der Waals surface area contributed by atoms with E-state index >= 15 is 0 Å². The molecule has 0 fully saturated rings. The van der Waals surface area contributed by atoms with Crippen molar-refractivity contribution >= 4 is 22.8 Å². The minimum atomic E-state index is 0.234. The molecule has 0 spiro atoms. The first kappa shape index (κ1) is 6.56. The van der Waals surface area contributed by atoms with E-state index in [0.717, 1.165) is 5.13 Å². The summed E-state index contributed by atoms with van der Waals surface area (Å²) in [5.41, 5.74) is 0. The van der Waals surface area contributed by atoms with Gasteiger partial charge in [0.1, 0.15) is 7.05 Å². The SMILES string of the molecule is C[N+]1(c2nccs2)C=NN=N1. The van der Waals surface area contributed by atoms with Crippen LogP contribution in [0.15, 0.2) is 27.1 Å². The van der Waals surface area contributed by atoms with Gasteiger partial charge in [-0.25, -0.2) is 0 Å². The van der Waals surface area contributed by atoms with Crippen LogP contribution in [-0.4, -0.2) is 18.4 Å². The summed E-state index contributed by atoms with van der Waals surface area (Å²) in [5.74, 6) is 0. The maximum Gasteiger partial charge on any atom is 0.320 e. The summed E-state index contributed by atoms with van der Waals surface area (Å²) < 4.78 is 0.234. The number of thiazole rings is 1. The van der Waals surface area contributed by atoms with Crippen molar-refractivity contribution in [2.24, 2.45) is 15.5 Å². The zero-order valence-corrected chi connectivity index (χ0v) is 6.69. The monoisotopic (exact) mass is 168 g/mol. The Bertz CT molecular complexity index is 289. The van der Waals surface area contributed by atoms with E-state index in [1.807, 2.05) is 12.4 Å². The molecule has 2 heterocycles. The second-order valence-corrected chi connectivity index (χ2v) is 3.12. The van der Waals surface area contributed by atoms with Gasteiger partial charge >= 0.3 is 5.13 Å². The van der Waals surface area contributed by atoms with E-state index in [0.29, 0.717) is 0 Å². The lowest BCUT2D eigenvalue weighted by Crippen LogP contribution is -2.34. The van der Waals surface area contributed by atoms with E-state index in [9.17, 15) is 0 Å². The zero-order chi connectivity index (χ0) is 7.73. The normalized spacial score (nSPS) is 28.1. The average Bonchev–Trinajstić information content (AvgIpc) is 2.55. The lowest BCUT2D eigenvalue weighted by Gasteiger charge is -2.10. The molecule has 0 saturated carbocycles. The first-order valence-corrected chi connectivity index (χ1v) is 3.92. The van der Waals surface area contributed by atoms with Crippen molar-refractivity contribution in [1.29, 1.82) is 0 Å². The molecule has 1 atom stereocenters. The van der Waals surface area contributed by atoms with Crippen molar-refractivity contribution in [3.05, 3.63) is 11.6 Å². The fourth-order valence-electron chi connectivity index (χ4n) is 0.780. The summed E-state index contributed by atoms with van der Waals surface area (Å²) in [6.45, 7) is 0. The standard InChI is InChI=1S/C5H6N5S/c1-10(4-7-8-9-10)5-6-2-3-11-5/h2-4H,1H3/q+1. The summed E-state index contributed by atoms with van der Waals surface area (Å²) in [6.07, 6.45) is 3.38. The number of aromatic nitrogens is 1. The van der Waals surface area contributed by atoms with Gasteiger partial charge in [-0.3, -0.25) is 0 Å². The van der Waals surface area contributed by atoms with Crippen LogP contribution in [0.5, 0.6) is 0 Å². The molecule has 1 aliphatic heterocycles. The first-order chi connectivity index (χ1) is 5.31. The smallest absolute Gasteiger partial charge is 0.191 e. The summed E-state index contributed by atoms with van der Waals surface area (Å²) in [7, 11) is 1.87. The van der Waals surface area contributed by atoms with Gasteiger partial charge in [0.15, 0.2) is 0 Å². The maximum atomic E-state index is 4.12. The second-order valence-electron chi connectivity index (χ2n) is 2.25. The van der Waals surface area contributed by atoms with Crippen molar-refractivity contribution in [2.75, 3.05) is 7.05 Å². The Kier molecular flexibility index (Phi) is 1.30. The van der Waals surface area contributed by atoms with Crippen LogP contribution in [0.4, 0.5) is 5.13 Å². The largest absolute Gasteiger partial charge is 0.320 e. The van der Waals surface area contributed by atoms with E-state index in [-0.39, 0.29) is 4.59 Å². The van der Waals surface area contributed by atoms with Gasteiger partial charge in [-0.05, 0) is 0 Å². The van der Waals surface area contributed by atoms with Crippen molar-refractivity contribution in [3.63, 3.8) is 0 Å². The maximum absolute atomic E-state index is 4.12. The molecule has 1 aliphatic rings. The summed E-state index contributed by atoms with van der Waals surface area (Å²) in [4.78, 5) is 4.12. The molecule has 0 aliphatic carbocycles. The van der Waals surface area contributed by atoms with Crippen LogP contribution in [0.25, 0.3) is 0 Å². The van der Waals surface area contributed by atoms with E-state index in [4.69, 9.17) is 0 Å². The van der Waals surface area contributed by atoms with Crippen molar-refractivity contribution in [1.82, 2.24) is 9.58 Å². The number of nitrogens with zero attached hydrogens (tertiary/aromatic N) is 5. The molecule has 11 heavy (non-hydrogen) atoms. The molecule has 2 rings (SSSR count). The zero-order valence-electron chi connectivity index (χ0n) is 5.88. The lowest BCUT2D eigenvalue weighted by molar-refractivity contribution is 0.519. The Morgan fingerprint density at radius 1 is 1.55 bits per heavy atom. The Morgan fingerprint density at radius 2 is 2.45 bits per heavy atom. The Labute approximate surface area is 67.3 Å². The van der Waals surface area contributed by atoms with Crippen LogP contribution in [0.2, 0.25) is 0 Å². The van der Waals surface area contributed by atoms with Gasteiger partial charge in [0.2, 0.25) is 6.34 Å². The minimum Gasteiger partial charge on any atom is -0.191 e. The molecule has 0 aromatic carbocycles. The Balaban J connectivity index is 2.43. The molecule has 0 amide bonds. The predicted molar refractivity (Wildman–Crippen MR) is 43.2 cm³/mol. The molecule has 1 unspecified atom stereocenters. The third kappa shape index (κ3) is 0.958. The fourth-order valence-corrected chi connectivity index (χ4v) is 1.44. The molecular weight excluding hydrogens is 162 g/mol. The van der Waals surface area contributed by atoms with Crippen LogP contribution in [0.3, 0.4) is 0 Å². The van der Waals surface area contributed by atoms with Crippen molar-refractivity contribution in [2.45, 2.75) is 0 Å². The quantitative estimate of drug-likeness (QED) is 0.585. The van der Waals surface area contributed by atoms with E-state index in [1.165, 1.54) is 11.3 Å². The van der Waals surface area contributed by atoms with Crippen LogP contribution < -0.4 is 4.59 Å². The molecule has 1 aromatic rings. The highest BCUT2D eigenvalue weighted by Crippen LogP contribution is 2.24. The van der Waals surface area contributed by atoms with Crippen LogP contribution >= 0.6 is 11.3 Å². The minimum absolute atomic E-state index is 0.234. The number of rotatable bonds is 1. The number of quaternary nitrogens is 1. The third-order valence-electron chi connectivity index (χ3n) is 1.36. The van der Waals surface area contributed by atoms with Gasteiger partial charge in [-0.15, -0.1) is 0 Å². The van der Waals surface area contributed by atoms with Crippen LogP contribution in [-0.2, 0) is 0 Å². The van der Waals surface area contributed by atoms with Gasteiger partial charge in [0.25, 0.3) is 0 Å². The molecule has 0 bridgehead atoms. The van der Waals surface area contributed by atoms with E-state index in [1.54, 1.807) is 12.5 Å². The lowest BCUT2D eigenvalue weighted by atomic mass is 10.8. The Hall–Kier alpha value is -1.14. The number of hydrogen-bond donors (Lipinski definition) is 0. The van der Waals surface area contributed by atoms with Crippen molar-refractivity contribution in [3.8, 4) is 0 Å². The van der Waals surface area contributed by atoms with Gasteiger partial charge in [0.05, 0.1) is 5.22 Å². The molecular formula is C5H6N5S+. The highest BCUT2D eigenvalue weighted by molar-refractivity contribution is 7.13. The summed E-state index contributed by atoms with van der Waals surface area (Å²) in [5, 5.41) is 13.9. The van der Waals surface area contributed by atoms with Gasteiger partial charge in [-0.2, -0.15) is 4.98 Å². The van der Waals surface area contributed by atoms with Gasteiger partial charge < -0.3 is 0 Å². The third-order valence-corrected chi connectivity index (χ3v) is 2.30. The van der Waals surface area contributed by atoms with Crippen LogP contribution in [0.1, 0.15) is 0 Å². The van der Waals surface area contributed by atoms with Crippen LogP contribution in [0, 0.1) is 0 Å². The summed E-state index contributed by atoms with van der Waals surface area (Å²) in [6, 6.07) is 0. The average molecular weight is 168 g/mol. The summed E-state index contributed by atoms with van der Waals surface area (Å²) >= 11 is 1.54. The molecule has 6 heteroatoms. The topological polar surface area (TPSA) is 50.0 Å². The fraction of sp³-hybridized carbons (Fsp3) is 0.200. The Morgan fingerprint density at radius 3 is 3.00 bits per heavy atom. The van der Waals surface area contributed by atoms with Gasteiger partial charge in [0, 0.05) is 16.8 Å². The van der Waals surface area contributed by atoms with E-state index < -0.39 is 0 Å². The molecule has 0 saturated heterocycles. The highest BCUT2D eigenvalue weighted by Gasteiger charge is 2.30. The van der Waals surface area contributed by atoms with E-state index in [2.05, 4.69) is 20.5 Å². The molecule has 1 aromatic heterocycles. The molecule has 0 N–H and O–H groups in total. The second kappa shape index (κ2) is 2.18. The first-order valence-electron chi connectivity index (χ1n) is 3.04. The molecule has 0 radical (unpaired) electrons. The molecule has 56 valence electrons. The molecule has 5 nitrogen and oxygen atoms in total. The highest BCUT2D eigenvalue weighted by atomic mass is 32.1. The predicted octanol–water partition coefficient (Wildman–Crippen LogP) is 1.40.